The number of benzene rings is 1. The highest BCUT2D eigenvalue weighted by Crippen LogP contribution is 2.39. The molecule has 0 spiro atoms. The van der Waals surface area contributed by atoms with Crippen molar-refractivity contribution in [1.29, 1.82) is 0 Å². The van der Waals surface area contributed by atoms with Gasteiger partial charge in [-0.15, -0.1) is 0 Å². The monoisotopic (exact) mass is 435 g/mol. The zero-order valence-electron chi connectivity index (χ0n) is 18.2. The molecule has 1 aliphatic heterocycles. The molecule has 1 aliphatic rings. The van der Waals surface area contributed by atoms with Crippen molar-refractivity contribution >= 4 is 17.3 Å². The van der Waals surface area contributed by atoms with Gasteiger partial charge in [0.1, 0.15) is 5.75 Å². The fraction of sp³-hybridized carbons (Fsp3) is 0.333. The minimum absolute atomic E-state index is 0.0211. The lowest BCUT2D eigenvalue weighted by Gasteiger charge is -2.29. The van der Waals surface area contributed by atoms with E-state index < -0.39 is 0 Å². The average molecular weight is 436 g/mol. The van der Waals surface area contributed by atoms with E-state index >= 15 is 0 Å². The van der Waals surface area contributed by atoms with E-state index in [2.05, 4.69) is 75.3 Å². The molecule has 4 rings (SSSR count). The third kappa shape index (κ3) is 4.57. The number of pyridine rings is 1. The lowest BCUT2D eigenvalue weighted by Crippen LogP contribution is -2.36. The normalized spacial score (nSPS) is 18.5. The number of hydrogen-bond acceptors (Lipinski definition) is 4. The maximum Gasteiger partial charge on any atom is 0.170 e. The molecule has 1 saturated heterocycles. The Morgan fingerprint density at radius 1 is 1.10 bits per heavy atom. The van der Waals surface area contributed by atoms with Gasteiger partial charge in [0, 0.05) is 36.9 Å². The van der Waals surface area contributed by atoms with Gasteiger partial charge in [0.05, 0.1) is 24.4 Å². The Morgan fingerprint density at radius 3 is 2.58 bits per heavy atom. The minimum Gasteiger partial charge on any atom is -0.494 e. The maximum absolute atomic E-state index is 5.77. The Morgan fingerprint density at radius 2 is 1.90 bits per heavy atom. The number of hydrogen-bond donors (Lipinski definition) is 1. The minimum atomic E-state index is -0.0211. The predicted octanol–water partition coefficient (Wildman–Crippen LogP) is 3.81. The average Bonchev–Trinajstić information content (AvgIpc) is 3.38. The Balaban J connectivity index is 1.73. The van der Waals surface area contributed by atoms with Crippen LogP contribution in [0.2, 0.25) is 0 Å². The van der Waals surface area contributed by atoms with Crippen molar-refractivity contribution in [3.8, 4) is 11.4 Å². The van der Waals surface area contributed by atoms with Gasteiger partial charge >= 0.3 is 0 Å². The molecule has 2 aromatic heterocycles. The summed E-state index contributed by atoms with van der Waals surface area (Å²) in [6.07, 6.45) is 3.94. The lowest BCUT2D eigenvalue weighted by molar-refractivity contribution is 0.272. The van der Waals surface area contributed by atoms with Gasteiger partial charge in [-0.3, -0.25) is 4.98 Å². The van der Waals surface area contributed by atoms with Crippen molar-refractivity contribution in [3.05, 3.63) is 78.4 Å². The second kappa shape index (κ2) is 9.49. The molecule has 0 amide bonds. The molecule has 1 N–H and O–H groups in total. The molecule has 1 aromatic carbocycles. The Kier molecular flexibility index (Phi) is 6.53. The SMILES string of the molecule is CCOc1ccc(-n2cccc2[C@@H]2[C@@H](c3ccccn3)NC(=S)N2CCN(C)C)cc1. The van der Waals surface area contributed by atoms with Crippen LogP contribution >= 0.6 is 12.2 Å². The molecule has 3 heterocycles. The van der Waals surface area contributed by atoms with Crippen LogP contribution in [0.25, 0.3) is 5.69 Å². The highest BCUT2D eigenvalue weighted by Gasteiger charge is 2.41. The Bertz CT molecular complexity index is 1000. The summed E-state index contributed by atoms with van der Waals surface area (Å²) >= 11 is 5.77. The van der Waals surface area contributed by atoms with Gasteiger partial charge in [-0.1, -0.05) is 6.07 Å². The molecule has 1 fully saturated rings. The second-order valence-electron chi connectivity index (χ2n) is 7.85. The molecule has 0 bridgehead atoms. The number of aromatic nitrogens is 2. The van der Waals surface area contributed by atoms with Crippen LogP contribution in [0.15, 0.2) is 67.0 Å². The number of ether oxygens (including phenoxy) is 1. The summed E-state index contributed by atoms with van der Waals surface area (Å²) in [5.41, 5.74) is 3.25. The fourth-order valence-corrected chi connectivity index (χ4v) is 4.35. The van der Waals surface area contributed by atoms with Gasteiger partial charge in [-0.25, -0.2) is 0 Å². The molecule has 0 unspecified atom stereocenters. The van der Waals surface area contributed by atoms with Gasteiger partial charge in [0.2, 0.25) is 0 Å². The van der Waals surface area contributed by atoms with Crippen molar-refractivity contribution < 1.29 is 4.74 Å². The van der Waals surface area contributed by atoms with Gasteiger partial charge in [0.25, 0.3) is 0 Å². The summed E-state index contributed by atoms with van der Waals surface area (Å²) in [6, 6.07) is 18.5. The molecule has 7 heteroatoms. The van der Waals surface area contributed by atoms with Crippen molar-refractivity contribution in [1.82, 2.24) is 24.7 Å². The zero-order chi connectivity index (χ0) is 21.8. The fourth-order valence-electron chi connectivity index (χ4n) is 4.02. The van der Waals surface area contributed by atoms with E-state index in [1.807, 2.05) is 37.4 Å². The van der Waals surface area contributed by atoms with Gasteiger partial charge in [-0.05, 0) is 81.8 Å². The van der Waals surface area contributed by atoms with Crippen molar-refractivity contribution in [2.75, 3.05) is 33.8 Å². The number of rotatable bonds is 8. The van der Waals surface area contributed by atoms with Gasteiger partial charge < -0.3 is 24.4 Å². The van der Waals surface area contributed by atoms with E-state index in [4.69, 9.17) is 17.0 Å². The summed E-state index contributed by atoms with van der Waals surface area (Å²) in [5.74, 6) is 0.877. The summed E-state index contributed by atoms with van der Waals surface area (Å²) in [6.45, 7) is 4.40. The van der Waals surface area contributed by atoms with Crippen LogP contribution in [0, 0.1) is 0 Å². The quantitative estimate of drug-likeness (QED) is 0.543. The summed E-state index contributed by atoms with van der Waals surface area (Å²) in [7, 11) is 4.17. The summed E-state index contributed by atoms with van der Waals surface area (Å²) in [4.78, 5) is 9.10. The molecular weight excluding hydrogens is 406 g/mol. The van der Waals surface area contributed by atoms with E-state index in [1.165, 1.54) is 5.69 Å². The summed E-state index contributed by atoms with van der Waals surface area (Å²) < 4.78 is 7.84. The van der Waals surface area contributed by atoms with Crippen molar-refractivity contribution in [2.45, 2.75) is 19.0 Å². The first kappa shape index (κ1) is 21.3. The van der Waals surface area contributed by atoms with Crippen LogP contribution in [0.1, 0.15) is 30.4 Å². The largest absolute Gasteiger partial charge is 0.494 e. The first-order valence-electron chi connectivity index (χ1n) is 10.6. The molecule has 0 saturated carbocycles. The van der Waals surface area contributed by atoms with Gasteiger partial charge in [0.15, 0.2) is 5.11 Å². The molecule has 31 heavy (non-hydrogen) atoms. The zero-order valence-corrected chi connectivity index (χ0v) is 19.0. The van der Waals surface area contributed by atoms with E-state index in [-0.39, 0.29) is 12.1 Å². The van der Waals surface area contributed by atoms with Crippen LogP contribution in [0.3, 0.4) is 0 Å². The standard InChI is InChI=1S/C24H29N5OS/c1-4-30-19-12-10-18(11-13-19)28-15-7-9-21(28)23-22(20-8-5-6-14-25-20)26-24(31)29(23)17-16-27(2)3/h5-15,22-23H,4,16-17H2,1-3H3,(H,26,31)/t22-,23-/m1/s1. The highest BCUT2D eigenvalue weighted by atomic mass is 32.1. The number of thiocarbonyl (C=S) groups is 1. The number of likely N-dealkylation sites (N-methyl/N-ethyl adjacent to an activating group) is 1. The van der Waals surface area contributed by atoms with E-state index in [0.29, 0.717) is 6.61 Å². The molecule has 2 atom stereocenters. The number of nitrogens with zero attached hydrogens (tertiary/aromatic N) is 4. The smallest absolute Gasteiger partial charge is 0.170 e. The molecular formula is C24H29N5OS. The maximum atomic E-state index is 5.77. The van der Waals surface area contributed by atoms with Crippen LogP contribution < -0.4 is 10.1 Å². The van der Waals surface area contributed by atoms with Crippen LogP contribution in [0.5, 0.6) is 5.75 Å². The van der Waals surface area contributed by atoms with Crippen molar-refractivity contribution in [2.24, 2.45) is 0 Å². The summed E-state index contributed by atoms with van der Waals surface area (Å²) in [5, 5.41) is 4.30. The topological polar surface area (TPSA) is 45.6 Å². The van der Waals surface area contributed by atoms with Crippen LogP contribution in [-0.2, 0) is 0 Å². The van der Waals surface area contributed by atoms with E-state index in [1.54, 1.807) is 0 Å². The highest BCUT2D eigenvalue weighted by molar-refractivity contribution is 7.80. The Hall–Kier alpha value is -2.90. The molecule has 0 radical (unpaired) electrons. The third-order valence-electron chi connectivity index (χ3n) is 5.50. The van der Waals surface area contributed by atoms with Crippen LogP contribution in [0.4, 0.5) is 0 Å². The Labute approximate surface area is 189 Å². The van der Waals surface area contributed by atoms with Crippen LogP contribution in [-0.4, -0.2) is 58.3 Å². The van der Waals surface area contributed by atoms with Crippen molar-refractivity contribution in [3.63, 3.8) is 0 Å². The molecule has 3 aromatic rings. The molecule has 162 valence electrons. The third-order valence-corrected chi connectivity index (χ3v) is 5.85. The molecule has 0 aliphatic carbocycles. The predicted molar refractivity (Wildman–Crippen MR) is 128 cm³/mol. The van der Waals surface area contributed by atoms with E-state index in [0.717, 1.165) is 35.3 Å². The molecule has 6 nitrogen and oxygen atoms in total. The lowest BCUT2D eigenvalue weighted by atomic mass is 10.0. The first-order valence-corrected chi connectivity index (χ1v) is 11.0. The van der Waals surface area contributed by atoms with E-state index in [9.17, 15) is 0 Å². The number of nitrogens with one attached hydrogen (secondary N) is 1. The first-order chi connectivity index (χ1) is 15.1. The second-order valence-corrected chi connectivity index (χ2v) is 8.24. The van der Waals surface area contributed by atoms with Gasteiger partial charge in [-0.2, -0.15) is 0 Å².